The molecule has 0 spiro atoms. The number of benzene rings is 1. The number of nitrogens with two attached hydrogens (primary N) is 1. The van der Waals surface area contributed by atoms with Gasteiger partial charge in [-0.1, -0.05) is 0 Å². The van der Waals surface area contributed by atoms with Crippen LogP contribution in [0.25, 0.3) is 0 Å². The van der Waals surface area contributed by atoms with Gasteiger partial charge in [-0.15, -0.1) is 0 Å². The normalized spacial score (nSPS) is 16.7. The van der Waals surface area contributed by atoms with Gasteiger partial charge in [-0.3, -0.25) is 9.59 Å². The molecule has 2 rings (SSSR count). The van der Waals surface area contributed by atoms with E-state index in [1.165, 1.54) is 6.07 Å². The molecule has 0 aromatic heterocycles. The summed E-state index contributed by atoms with van der Waals surface area (Å²) in [5, 5.41) is 0. The van der Waals surface area contributed by atoms with Gasteiger partial charge in [0.25, 0.3) is 11.8 Å². The highest BCUT2D eigenvalue weighted by molar-refractivity contribution is 6.18. The van der Waals surface area contributed by atoms with E-state index in [2.05, 4.69) is 0 Å². The second-order valence-corrected chi connectivity index (χ2v) is 3.32. The van der Waals surface area contributed by atoms with Gasteiger partial charge >= 0.3 is 0 Å². The molecule has 84 valence electrons. The predicted molar refractivity (Wildman–Crippen MR) is 54.1 cm³/mol. The van der Waals surface area contributed by atoms with Crippen LogP contribution in [-0.2, 0) is 14.3 Å². The topological polar surface area (TPSA) is 72.6 Å². The first-order valence-electron chi connectivity index (χ1n) is 4.58. The molecule has 0 bridgehead atoms. The number of rotatable bonds is 1. The number of nitrogen functional groups attached to an aromatic ring is 1. The minimum Gasteiger partial charge on any atom is -0.397 e. The number of anilines is 2. The molecular weight excluding hydrogens is 215 g/mol. The summed E-state index contributed by atoms with van der Waals surface area (Å²) >= 11 is 0. The number of halogens is 1. The molecule has 0 atom stereocenters. The molecule has 0 radical (unpaired) electrons. The summed E-state index contributed by atoms with van der Waals surface area (Å²) in [4.78, 5) is 23.9. The molecule has 1 aromatic rings. The van der Waals surface area contributed by atoms with E-state index in [4.69, 9.17) is 10.5 Å². The standard InChI is InChI=1S/C10H9FN2O3/c11-6-1-2-8(7(12)3-6)13-9(14)4-16-5-10(13)15/h1-3H,4-5,12H2. The van der Waals surface area contributed by atoms with Gasteiger partial charge in [-0.25, -0.2) is 9.29 Å². The number of carbonyl (C=O) groups is 2. The Labute approximate surface area is 90.6 Å². The number of hydrogen-bond acceptors (Lipinski definition) is 4. The second kappa shape index (κ2) is 3.90. The van der Waals surface area contributed by atoms with Gasteiger partial charge in [0.1, 0.15) is 19.0 Å². The van der Waals surface area contributed by atoms with Crippen LogP contribution in [-0.4, -0.2) is 25.0 Å². The molecule has 2 N–H and O–H groups in total. The van der Waals surface area contributed by atoms with Crippen LogP contribution in [0.1, 0.15) is 0 Å². The Balaban J connectivity index is 2.42. The first-order chi connectivity index (χ1) is 7.59. The third kappa shape index (κ3) is 1.74. The molecule has 0 saturated carbocycles. The maximum Gasteiger partial charge on any atom is 0.259 e. The number of amides is 2. The van der Waals surface area contributed by atoms with Crippen LogP contribution >= 0.6 is 0 Å². The SMILES string of the molecule is Nc1cc(F)ccc1N1C(=O)COCC1=O. The van der Waals surface area contributed by atoms with E-state index in [0.29, 0.717) is 0 Å². The van der Waals surface area contributed by atoms with Gasteiger partial charge in [-0.2, -0.15) is 0 Å². The predicted octanol–water partition coefficient (Wildman–Crippen LogP) is 0.298. The minimum atomic E-state index is -0.519. The van der Waals surface area contributed by atoms with Gasteiger partial charge in [0.05, 0.1) is 11.4 Å². The number of ether oxygens (including phenoxy) is 1. The summed E-state index contributed by atoms with van der Waals surface area (Å²) < 4.78 is 17.6. The van der Waals surface area contributed by atoms with Crippen molar-refractivity contribution in [1.82, 2.24) is 0 Å². The molecule has 1 aromatic carbocycles. The molecule has 1 aliphatic heterocycles. The van der Waals surface area contributed by atoms with E-state index in [0.717, 1.165) is 17.0 Å². The molecule has 1 saturated heterocycles. The summed E-state index contributed by atoms with van der Waals surface area (Å²) in [5.74, 6) is -1.53. The molecular formula is C10H9FN2O3. The van der Waals surface area contributed by atoms with Crippen molar-refractivity contribution in [3.05, 3.63) is 24.0 Å². The third-order valence-corrected chi connectivity index (χ3v) is 2.18. The molecule has 2 amide bonds. The number of imide groups is 1. The summed E-state index contributed by atoms with van der Waals surface area (Å²) in [6.07, 6.45) is 0. The molecule has 1 heterocycles. The zero-order valence-electron chi connectivity index (χ0n) is 8.27. The smallest absolute Gasteiger partial charge is 0.259 e. The molecule has 5 nitrogen and oxygen atoms in total. The van der Waals surface area contributed by atoms with Crippen LogP contribution in [0.15, 0.2) is 18.2 Å². The highest BCUT2D eigenvalue weighted by Crippen LogP contribution is 2.25. The lowest BCUT2D eigenvalue weighted by Gasteiger charge is -2.25. The van der Waals surface area contributed by atoms with Gasteiger partial charge in [0, 0.05) is 0 Å². The molecule has 0 aliphatic carbocycles. The lowest BCUT2D eigenvalue weighted by molar-refractivity contribution is -0.138. The molecule has 6 heteroatoms. The van der Waals surface area contributed by atoms with E-state index < -0.39 is 17.6 Å². The first kappa shape index (κ1) is 10.6. The Bertz CT molecular complexity index is 445. The fourth-order valence-electron chi connectivity index (χ4n) is 1.49. The van der Waals surface area contributed by atoms with Gasteiger partial charge < -0.3 is 10.5 Å². The van der Waals surface area contributed by atoms with Crippen molar-refractivity contribution in [2.45, 2.75) is 0 Å². The minimum absolute atomic E-state index is 0.0450. The molecule has 0 unspecified atom stereocenters. The van der Waals surface area contributed by atoms with Gasteiger partial charge in [0.2, 0.25) is 0 Å². The van der Waals surface area contributed by atoms with Gasteiger partial charge in [0.15, 0.2) is 0 Å². The van der Waals surface area contributed by atoms with Crippen molar-refractivity contribution in [2.75, 3.05) is 23.8 Å². The Morgan fingerprint density at radius 2 is 1.88 bits per heavy atom. The zero-order chi connectivity index (χ0) is 11.7. The van der Waals surface area contributed by atoms with Crippen molar-refractivity contribution in [1.29, 1.82) is 0 Å². The van der Waals surface area contributed by atoms with Crippen molar-refractivity contribution in [2.24, 2.45) is 0 Å². The summed E-state index contributed by atoms with van der Waals surface area (Å²) in [7, 11) is 0. The number of morpholine rings is 1. The lowest BCUT2D eigenvalue weighted by atomic mass is 10.2. The Morgan fingerprint density at radius 3 is 2.44 bits per heavy atom. The highest BCUT2D eigenvalue weighted by Gasteiger charge is 2.29. The van der Waals surface area contributed by atoms with Gasteiger partial charge in [-0.05, 0) is 18.2 Å². The molecule has 16 heavy (non-hydrogen) atoms. The lowest BCUT2D eigenvalue weighted by Crippen LogP contribution is -2.46. The Morgan fingerprint density at radius 1 is 1.25 bits per heavy atom. The maximum absolute atomic E-state index is 12.8. The van der Waals surface area contributed by atoms with E-state index in [-0.39, 0.29) is 24.6 Å². The number of hydrogen-bond donors (Lipinski definition) is 1. The van der Waals surface area contributed by atoms with Crippen LogP contribution in [0.3, 0.4) is 0 Å². The van der Waals surface area contributed by atoms with Crippen LogP contribution < -0.4 is 10.6 Å². The zero-order valence-corrected chi connectivity index (χ0v) is 8.27. The molecule has 1 fully saturated rings. The molecule has 1 aliphatic rings. The fourth-order valence-corrected chi connectivity index (χ4v) is 1.49. The fraction of sp³-hybridized carbons (Fsp3) is 0.200. The van der Waals surface area contributed by atoms with Crippen LogP contribution in [0, 0.1) is 5.82 Å². The summed E-state index contributed by atoms with van der Waals surface area (Å²) in [6.45, 7) is -0.356. The summed E-state index contributed by atoms with van der Waals surface area (Å²) in [6, 6.07) is 3.50. The summed E-state index contributed by atoms with van der Waals surface area (Å²) in [5.41, 5.74) is 5.79. The highest BCUT2D eigenvalue weighted by atomic mass is 19.1. The van der Waals surface area contributed by atoms with Crippen molar-refractivity contribution >= 4 is 23.2 Å². The first-order valence-corrected chi connectivity index (χ1v) is 4.58. The Kier molecular flexibility index (Phi) is 2.57. The van der Waals surface area contributed by atoms with E-state index in [1.54, 1.807) is 0 Å². The van der Waals surface area contributed by atoms with Crippen LogP contribution in [0.4, 0.5) is 15.8 Å². The van der Waals surface area contributed by atoms with Crippen molar-refractivity contribution in [3.63, 3.8) is 0 Å². The van der Waals surface area contributed by atoms with Crippen molar-refractivity contribution < 1.29 is 18.7 Å². The quantitative estimate of drug-likeness (QED) is 0.550. The monoisotopic (exact) mass is 224 g/mol. The van der Waals surface area contributed by atoms with Crippen molar-refractivity contribution in [3.8, 4) is 0 Å². The maximum atomic E-state index is 12.8. The number of carbonyl (C=O) groups excluding carboxylic acids is 2. The van der Waals surface area contributed by atoms with E-state index in [9.17, 15) is 14.0 Å². The van der Waals surface area contributed by atoms with Crippen LogP contribution in [0.5, 0.6) is 0 Å². The van der Waals surface area contributed by atoms with E-state index >= 15 is 0 Å². The van der Waals surface area contributed by atoms with E-state index in [1.807, 2.05) is 0 Å². The van der Waals surface area contributed by atoms with Crippen LogP contribution in [0.2, 0.25) is 0 Å². The second-order valence-electron chi connectivity index (χ2n) is 3.32. The largest absolute Gasteiger partial charge is 0.397 e. The average molecular weight is 224 g/mol. The number of nitrogens with zero attached hydrogens (tertiary/aromatic N) is 1. The Hall–Kier alpha value is -1.95. The average Bonchev–Trinajstić information content (AvgIpc) is 2.20. The third-order valence-electron chi connectivity index (χ3n) is 2.18.